The van der Waals surface area contributed by atoms with Crippen LogP contribution in [0, 0.1) is 17.8 Å². The summed E-state index contributed by atoms with van der Waals surface area (Å²) < 4.78 is 10.5. The SMILES string of the molecule is CCOCCOC(=O)C(C1C=CC=C1)C1C=CC=C1. The average molecular weight is 260 g/mol. The molecule has 0 saturated carbocycles. The number of hydrogen-bond acceptors (Lipinski definition) is 3. The van der Waals surface area contributed by atoms with Gasteiger partial charge in [0.05, 0.1) is 12.5 Å². The molecule has 19 heavy (non-hydrogen) atoms. The number of hydrogen-bond donors (Lipinski definition) is 0. The maximum atomic E-state index is 12.3. The molecule has 0 aromatic rings. The van der Waals surface area contributed by atoms with E-state index in [1.807, 2.05) is 31.2 Å². The molecule has 0 fully saturated rings. The van der Waals surface area contributed by atoms with E-state index in [-0.39, 0.29) is 23.7 Å². The maximum Gasteiger partial charge on any atom is 0.310 e. The summed E-state index contributed by atoms with van der Waals surface area (Å²) in [5.74, 6) is -0.0808. The number of carbonyl (C=O) groups excluding carboxylic acids is 1. The molecule has 0 atom stereocenters. The van der Waals surface area contributed by atoms with Crippen LogP contribution in [-0.2, 0) is 14.3 Å². The molecule has 0 spiro atoms. The summed E-state index contributed by atoms with van der Waals surface area (Å²) in [5.41, 5.74) is 0. The molecule has 0 saturated heterocycles. The largest absolute Gasteiger partial charge is 0.463 e. The molecule has 0 aliphatic heterocycles. The summed E-state index contributed by atoms with van der Waals surface area (Å²) in [6, 6.07) is 0. The van der Waals surface area contributed by atoms with Gasteiger partial charge in [0.2, 0.25) is 0 Å². The van der Waals surface area contributed by atoms with Gasteiger partial charge < -0.3 is 9.47 Å². The second-order valence-electron chi connectivity index (χ2n) is 4.58. The first-order valence-electron chi connectivity index (χ1n) is 6.77. The second kappa shape index (κ2) is 7.10. The second-order valence-corrected chi connectivity index (χ2v) is 4.58. The molecule has 0 aromatic heterocycles. The van der Waals surface area contributed by atoms with Crippen molar-refractivity contribution >= 4 is 5.97 Å². The first-order valence-corrected chi connectivity index (χ1v) is 6.77. The highest BCUT2D eigenvalue weighted by atomic mass is 16.6. The number of ether oxygens (including phenoxy) is 2. The van der Waals surface area contributed by atoms with Gasteiger partial charge in [-0.05, 0) is 6.92 Å². The van der Waals surface area contributed by atoms with E-state index in [0.717, 1.165) is 0 Å². The van der Waals surface area contributed by atoms with Crippen molar-refractivity contribution in [2.24, 2.45) is 17.8 Å². The lowest BCUT2D eigenvalue weighted by Crippen LogP contribution is -2.29. The summed E-state index contributed by atoms with van der Waals surface area (Å²) in [6.07, 6.45) is 16.1. The Labute approximate surface area is 114 Å². The van der Waals surface area contributed by atoms with Crippen molar-refractivity contribution < 1.29 is 14.3 Å². The Kier molecular flexibility index (Phi) is 5.16. The first kappa shape index (κ1) is 13.8. The van der Waals surface area contributed by atoms with Gasteiger partial charge in [-0.2, -0.15) is 0 Å². The van der Waals surface area contributed by atoms with E-state index in [4.69, 9.17) is 9.47 Å². The Morgan fingerprint density at radius 3 is 2.00 bits per heavy atom. The fraction of sp³-hybridized carbons (Fsp3) is 0.438. The lowest BCUT2D eigenvalue weighted by atomic mass is 9.83. The normalized spacial score (nSPS) is 18.0. The van der Waals surface area contributed by atoms with E-state index in [2.05, 4.69) is 24.3 Å². The van der Waals surface area contributed by atoms with Crippen LogP contribution in [0.4, 0.5) is 0 Å². The molecule has 3 nitrogen and oxygen atoms in total. The van der Waals surface area contributed by atoms with Crippen LogP contribution in [0.1, 0.15) is 6.92 Å². The van der Waals surface area contributed by atoms with Gasteiger partial charge >= 0.3 is 5.97 Å². The Hall–Kier alpha value is -1.61. The monoisotopic (exact) mass is 260 g/mol. The van der Waals surface area contributed by atoms with Gasteiger partial charge in [-0.3, -0.25) is 4.79 Å². The van der Waals surface area contributed by atoms with E-state index in [1.54, 1.807) is 0 Å². The van der Waals surface area contributed by atoms with Crippen molar-refractivity contribution in [2.45, 2.75) is 6.92 Å². The molecule has 2 rings (SSSR count). The van der Waals surface area contributed by atoms with Gasteiger partial charge in [0.25, 0.3) is 0 Å². The smallest absolute Gasteiger partial charge is 0.310 e. The van der Waals surface area contributed by atoms with Gasteiger partial charge in [0.1, 0.15) is 6.61 Å². The Morgan fingerprint density at radius 1 is 1.00 bits per heavy atom. The lowest BCUT2D eigenvalue weighted by molar-refractivity contribution is -0.151. The highest BCUT2D eigenvalue weighted by molar-refractivity contribution is 5.75. The van der Waals surface area contributed by atoms with Crippen molar-refractivity contribution in [3.8, 4) is 0 Å². The summed E-state index contributed by atoms with van der Waals surface area (Å²) in [7, 11) is 0. The van der Waals surface area contributed by atoms with Crippen LogP contribution in [0.2, 0.25) is 0 Å². The van der Waals surface area contributed by atoms with Crippen LogP contribution in [-0.4, -0.2) is 25.8 Å². The van der Waals surface area contributed by atoms with Crippen LogP contribution in [0.5, 0.6) is 0 Å². The zero-order chi connectivity index (χ0) is 13.5. The van der Waals surface area contributed by atoms with Gasteiger partial charge in [-0.15, -0.1) is 0 Å². The minimum atomic E-state index is -0.174. The van der Waals surface area contributed by atoms with Crippen LogP contribution >= 0.6 is 0 Å². The molecule has 0 unspecified atom stereocenters. The van der Waals surface area contributed by atoms with Gasteiger partial charge in [0, 0.05) is 18.4 Å². The molecule has 0 aromatic carbocycles. The Morgan fingerprint density at radius 2 is 1.53 bits per heavy atom. The molecule has 0 radical (unpaired) electrons. The van der Waals surface area contributed by atoms with Crippen LogP contribution in [0.25, 0.3) is 0 Å². The maximum absolute atomic E-state index is 12.3. The van der Waals surface area contributed by atoms with E-state index in [9.17, 15) is 4.79 Å². The molecule has 0 amide bonds. The summed E-state index contributed by atoms with van der Waals surface area (Å²) in [6.45, 7) is 3.35. The number of allylic oxidation sites excluding steroid dienone is 8. The van der Waals surface area contributed by atoms with E-state index in [0.29, 0.717) is 19.8 Å². The third-order valence-corrected chi connectivity index (χ3v) is 3.33. The first-order chi connectivity index (χ1) is 9.33. The van der Waals surface area contributed by atoms with Crippen molar-refractivity contribution in [3.05, 3.63) is 48.6 Å². The molecule has 102 valence electrons. The number of carbonyl (C=O) groups is 1. The average Bonchev–Trinajstić information content (AvgIpc) is 3.08. The molecule has 0 bridgehead atoms. The minimum Gasteiger partial charge on any atom is -0.463 e. The summed E-state index contributed by atoms with van der Waals surface area (Å²) in [4.78, 5) is 12.3. The van der Waals surface area contributed by atoms with Gasteiger partial charge in [0.15, 0.2) is 0 Å². The van der Waals surface area contributed by atoms with Crippen molar-refractivity contribution in [2.75, 3.05) is 19.8 Å². The molecule has 0 heterocycles. The van der Waals surface area contributed by atoms with E-state index in [1.165, 1.54) is 0 Å². The number of esters is 1. The van der Waals surface area contributed by atoms with Crippen molar-refractivity contribution in [1.82, 2.24) is 0 Å². The summed E-state index contributed by atoms with van der Waals surface area (Å²) >= 11 is 0. The fourth-order valence-corrected chi connectivity index (χ4v) is 2.39. The van der Waals surface area contributed by atoms with Gasteiger partial charge in [-0.25, -0.2) is 0 Å². The third kappa shape index (κ3) is 3.67. The zero-order valence-corrected chi connectivity index (χ0v) is 11.2. The molecule has 2 aliphatic carbocycles. The standard InChI is InChI=1S/C16H20O3/c1-2-18-11-12-19-16(17)15(13-7-3-4-8-13)14-9-5-6-10-14/h3-10,13-15H,2,11-12H2,1H3. The zero-order valence-electron chi connectivity index (χ0n) is 11.2. The molecule has 2 aliphatic rings. The van der Waals surface area contributed by atoms with Crippen LogP contribution in [0.3, 0.4) is 0 Å². The fourth-order valence-electron chi connectivity index (χ4n) is 2.39. The van der Waals surface area contributed by atoms with Gasteiger partial charge in [-0.1, -0.05) is 48.6 Å². The predicted molar refractivity (Wildman–Crippen MR) is 74.5 cm³/mol. The molecular formula is C16H20O3. The quantitative estimate of drug-likeness (QED) is 0.521. The minimum absolute atomic E-state index is 0.122. The highest BCUT2D eigenvalue weighted by Crippen LogP contribution is 2.31. The molecule has 0 N–H and O–H groups in total. The topological polar surface area (TPSA) is 35.5 Å². The number of rotatable bonds is 7. The Balaban J connectivity index is 1.94. The third-order valence-electron chi connectivity index (χ3n) is 3.33. The van der Waals surface area contributed by atoms with E-state index < -0.39 is 0 Å². The van der Waals surface area contributed by atoms with E-state index >= 15 is 0 Å². The van der Waals surface area contributed by atoms with Crippen LogP contribution in [0.15, 0.2) is 48.6 Å². The lowest BCUT2D eigenvalue weighted by Gasteiger charge is -2.23. The highest BCUT2D eigenvalue weighted by Gasteiger charge is 2.33. The Bertz CT molecular complexity index is 366. The predicted octanol–water partition coefficient (Wildman–Crippen LogP) is 2.67. The van der Waals surface area contributed by atoms with Crippen molar-refractivity contribution in [3.63, 3.8) is 0 Å². The molecule has 3 heteroatoms. The van der Waals surface area contributed by atoms with Crippen molar-refractivity contribution in [1.29, 1.82) is 0 Å². The molecular weight excluding hydrogens is 240 g/mol. The summed E-state index contributed by atoms with van der Waals surface area (Å²) in [5, 5.41) is 0. The van der Waals surface area contributed by atoms with Crippen LogP contribution < -0.4 is 0 Å².